The summed E-state index contributed by atoms with van der Waals surface area (Å²) in [6.07, 6.45) is 3.07. The van der Waals surface area contributed by atoms with Crippen molar-refractivity contribution in [2.24, 2.45) is 5.92 Å². The first-order chi connectivity index (χ1) is 12.5. The third-order valence-corrected chi connectivity index (χ3v) is 5.47. The van der Waals surface area contributed by atoms with Crippen molar-refractivity contribution >= 4 is 29.4 Å². The molecule has 0 bridgehead atoms. The molecule has 0 radical (unpaired) electrons. The first-order valence-electron chi connectivity index (χ1n) is 9.03. The van der Waals surface area contributed by atoms with Crippen molar-refractivity contribution in [3.63, 3.8) is 0 Å². The third-order valence-electron chi connectivity index (χ3n) is 5.22. The number of nitrogens with zero attached hydrogens (tertiary/aromatic N) is 2. The summed E-state index contributed by atoms with van der Waals surface area (Å²) in [6, 6.07) is 6.53. The molecule has 2 atom stereocenters. The number of carboxylic acids is 1. The molecular formula is C19H23ClN2O4. The summed E-state index contributed by atoms with van der Waals surface area (Å²) in [5.74, 6) is -1.24. The Hall–Kier alpha value is -2.08. The highest BCUT2D eigenvalue weighted by Crippen LogP contribution is 2.27. The van der Waals surface area contributed by atoms with Crippen LogP contribution in [0.5, 0.6) is 0 Å². The zero-order valence-corrected chi connectivity index (χ0v) is 15.3. The number of carbonyl (C=O) groups is 3. The van der Waals surface area contributed by atoms with Crippen LogP contribution >= 0.6 is 11.6 Å². The molecule has 0 spiro atoms. The number of rotatable bonds is 4. The van der Waals surface area contributed by atoms with E-state index in [-0.39, 0.29) is 30.2 Å². The number of amides is 2. The fourth-order valence-electron chi connectivity index (χ4n) is 3.91. The SMILES string of the molecule is O=C(O)CC1CCCN1C(=O)C1CCCN(C(=O)c2ccc(Cl)cc2)C1. The van der Waals surface area contributed by atoms with Crippen molar-refractivity contribution in [1.29, 1.82) is 0 Å². The van der Waals surface area contributed by atoms with Crippen molar-refractivity contribution in [2.45, 2.75) is 38.1 Å². The number of carbonyl (C=O) groups excluding carboxylic acids is 2. The van der Waals surface area contributed by atoms with Gasteiger partial charge in [-0.05, 0) is 49.9 Å². The average Bonchev–Trinajstić information content (AvgIpc) is 3.08. The molecule has 2 saturated heterocycles. The highest BCUT2D eigenvalue weighted by atomic mass is 35.5. The minimum absolute atomic E-state index is 0.00806. The van der Waals surface area contributed by atoms with Crippen LogP contribution in [0.4, 0.5) is 0 Å². The van der Waals surface area contributed by atoms with Crippen molar-refractivity contribution < 1.29 is 19.5 Å². The second-order valence-corrected chi connectivity index (χ2v) is 7.46. The van der Waals surface area contributed by atoms with Gasteiger partial charge in [0.15, 0.2) is 0 Å². The van der Waals surface area contributed by atoms with Gasteiger partial charge in [-0.1, -0.05) is 11.6 Å². The van der Waals surface area contributed by atoms with Gasteiger partial charge in [-0.25, -0.2) is 0 Å². The lowest BCUT2D eigenvalue weighted by Gasteiger charge is -2.35. The van der Waals surface area contributed by atoms with E-state index in [4.69, 9.17) is 16.7 Å². The van der Waals surface area contributed by atoms with Crippen LogP contribution in [0.25, 0.3) is 0 Å². The topological polar surface area (TPSA) is 77.9 Å². The van der Waals surface area contributed by atoms with E-state index in [0.717, 1.165) is 25.7 Å². The first kappa shape index (κ1) is 18.7. The Kier molecular flexibility index (Phi) is 5.81. The van der Waals surface area contributed by atoms with Gasteiger partial charge < -0.3 is 14.9 Å². The smallest absolute Gasteiger partial charge is 0.305 e. The van der Waals surface area contributed by atoms with Crippen LogP contribution in [0.2, 0.25) is 5.02 Å². The summed E-state index contributed by atoms with van der Waals surface area (Å²) in [7, 11) is 0. The molecule has 2 heterocycles. The number of hydrogen-bond acceptors (Lipinski definition) is 3. The number of benzene rings is 1. The maximum atomic E-state index is 12.9. The molecule has 1 aromatic rings. The highest BCUT2D eigenvalue weighted by Gasteiger charge is 2.36. The lowest BCUT2D eigenvalue weighted by atomic mass is 9.95. The lowest BCUT2D eigenvalue weighted by molar-refractivity contribution is -0.141. The summed E-state index contributed by atoms with van der Waals surface area (Å²) in [5, 5.41) is 9.62. The molecule has 0 saturated carbocycles. The Labute approximate surface area is 157 Å². The van der Waals surface area contributed by atoms with Gasteiger partial charge in [-0.3, -0.25) is 14.4 Å². The zero-order chi connectivity index (χ0) is 18.7. The number of likely N-dealkylation sites (tertiary alicyclic amines) is 2. The van der Waals surface area contributed by atoms with E-state index < -0.39 is 5.97 Å². The van der Waals surface area contributed by atoms with Crippen LogP contribution in [0, 0.1) is 5.92 Å². The fourth-order valence-corrected chi connectivity index (χ4v) is 4.04. The normalized spacial score (nSPS) is 23.1. The largest absolute Gasteiger partial charge is 0.481 e. The molecule has 7 heteroatoms. The van der Waals surface area contributed by atoms with Gasteiger partial charge in [0, 0.05) is 36.3 Å². The van der Waals surface area contributed by atoms with E-state index in [1.807, 2.05) is 0 Å². The summed E-state index contributed by atoms with van der Waals surface area (Å²) < 4.78 is 0. The summed E-state index contributed by atoms with van der Waals surface area (Å²) in [5.41, 5.74) is 0.562. The van der Waals surface area contributed by atoms with Gasteiger partial charge in [0.2, 0.25) is 5.91 Å². The van der Waals surface area contributed by atoms with Crippen LogP contribution in [-0.2, 0) is 9.59 Å². The minimum atomic E-state index is -0.877. The second-order valence-electron chi connectivity index (χ2n) is 7.02. The van der Waals surface area contributed by atoms with Gasteiger partial charge in [-0.15, -0.1) is 0 Å². The molecule has 6 nitrogen and oxygen atoms in total. The van der Waals surface area contributed by atoms with E-state index in [9.17, 15) is 14.4 Å². The van der Waals surface area contributed by atoms with Gasteiger partial charge in [0.05, 0.1) is 12.3 Å². The van der Waals surface area contributed by atoms with Crippen LogP contribution in [-0.4, -0.2) is 58.4 Å². The molecule has 1 aromatic carbocycles. The Morgan fingerprint density at radius 1 is 1.08 bits per heavy atom. The first-order valence-corrected chi connectivity index (χ1v) is 9.40. The van der Waals surface area contributed by atoms with E-state index in [2.05, 4.69) is 0 Å². The number of carboxylic acid groups (broad SMARTS) is 1. The van der Waals surface area contributed by atoms with Crippen LogP contribution in [0.1, 0.15) is 42.5 Å². The summed E-state index contributed by atoms with van der Waals surface area (Å²) >= 11 is 5.87. The molecule has 2 unspecified atom stereocenters. The van der Waals surface area contributed by atoms with Gasteiger partial charge in [-0.2, -0.15) is 0 Å². The average molecular weight is 379 g/mol. The fraction of sp³-hybridized carbons (Fsp3) is 0.526. The predicted octanol–water partition coefficient (Wildman–Crippen LogP) is 2.66. The monoisotopic (exact) mass is 378 g/mol. The molecule has 2 aliphatic rings. The second kappa shape index (κ2) is 8.08. The van der Waals surface area contributed by atoms with Gasteiger partial charge >= 0.3 is 5.97 Å². The van der Waals surface area contributed by atoms with E-state index in [0.29, 0.717) is 30.2 Å². The molecule has 3 rings (SSSR count). The molecule has 0 aromatic heterocycles. The molecule has 1 N–H and O–H groups in total. The molecule has 2 aliphatic heterocycles. The summed E-state index contributed by atoms with van der Waals surface area (Å²) in [4.78, 5) is 40.1. The minimum Gasteiger partial charge on any atom is -0.481 e. The molecule has 0 aliphatic carbocycles. The maximum Gasteiger partial charge on any atom is 0.305 e. The predicted molar refractivity (Wildman–Crippen MR) is 97.1 cm³/mol. The maximum absolute atomic E-state index is 12.9. The number of aliphatic carboxylic acids is 1. The molecular weight excluding hydrogens is 356 g/mol. The Bertz CT molecular complexity index is 691. The quantitative estimate of drug-likeness (QED) is 0.873. The molecule has 2 amide bonds. The zero-order valence-electron chi connectivity index (χ0n) is 14.6. The van der Waals surface area contributed by atoms with E-state index in [1.54, 1.807) is 34.1 Å². The standard InChI is InChI=1S/C19H23ClN2O4/c20-15-7-5-13(6-8-15)18(25)21-9-1-3-14(12-21)19(26)22-10-2-4-16(22)11-17(23)24/h5-8,14,16H,1-4,9-12H2,(H,23,24). The van der Waals surface area contributed by atoms with Crippen molar-refractivity contribution in [1.82, 2.24) is 9.80 Å². The van der Waals surface area contributed by atoms with E-state index >= 15 is 0 Å². The Morgan fingerprint density at radius 2 is 1.77 bits per heavy atom. The molecule has 140 valence electrons. The van der Waals surface area contributed by atoms with Gasteiger partial charge in [0.25, 0.3) is 5.91 Å². The molecule has 2 fully saturated rings. The third kappa shape index (κ3) is 4.18. The Balaban J connectivity index is 1.66. The van der Waals surface area contributed by atoms with Crippen molar-refractivity contribution in [3.8, 4) is 0 Å². The number of hydrogen-bond donors (Lipinski definition) is 1. The number of piperidine rings is 1. The van der Waals surface area contributed by atoms with E-state index in [1.165, 1.54) is 0 Å². The van der Waals surface area contributed by atoms with Crippen LogP contribution < -0.4 is 0 Å². The van der Waals surface area contributed by atoms with Crippen LogP contribution in [0.3, 0.4) is 0 Å². The van der Waals surface area contributed by atoms with Crippen LogP contribution in [0.15, 0.2) is 24.3 Å². The van der Waals surface area contributed by atoms with Crippen molar-refractivity contribution in [2.75, 3.05) is 19.6 Å². The number of halogens is 1. The van der Waals surface area contributed by atoms with Gasteiger partial charge in [0.1, 0.15) is 0 Å². The summed E-state index contributed by atoms with van der Waals surface area (Å²) in [6.45, 7) is 1.62. The molecule has 26 heavy (non-hydrogen) atoms. The lowest BCUT2D eigenvalue weighted by Crippen LogP contribution is -2.48. The highest BCUT2D eigenvalue weighted by molar-refractivity contribution is 6.30. The Morgan fingerprint density at radius 3 is 2.46 bits per heavy atom. The van der Waals surface area contributed by atoms with Crippen molar-refractivity contribution in [3.05, 3.63) is 34.9 Å².